The highest BCUT2D eigenvalue weighted by molar-refractivity contribution is 5.84. The summed E-state index contributed by atoms with van der Waals surface area (Å²) in [6.07, 6.45) is 1.37. The zero-order chi connectivity index (χ0) is 12.3. The lowest BCUT2D eigenvalue weighted by Gasteiger charge is -2.30. The Balaban J connectivity index is 2.68. The average Bonchev–Trinajstić information content (AvgIpc) is 2.15. The number of carbonyl (C=O) groups excluding carboxylic acids is 1. The minimum Gasteiger partial charge on any atom is -0.480 e. The second kappa shape index (κ2) is 4.82. The molecular formula is C11H19NO4. The molecule has 0 radical (unpaired) electrons. The number of hydrogen-bond donors (Lipinski definition) is 2. The van der Waals surface area contributed by atoms with Crippen molar-refractivity contribution in [1.29, 1.82) is 0 Å². The Hall–Kier alpha value is -1.10. The van der Waals surface area contributed by atoms with Crippen LogP contribution in [-0.4, -0.2) is 35.2 Å². The Labute approximate surface area is 95.2 Å². The van der Waals surface area contributed by atoms with Crippen LogP contribution in [0.4, 0.5) is 0 Å². The number of esters is 1. The molecule has 0 aromatic rings. The van der Waals surface area contributed by atoms with Crippen LogP contribution in [0.5, 0.6) is 0 Å². The van der Waals surface area contributed by atoms with E-state index in [1.165, 1.54) is 0 Å². The Bertz CT molecular complexity index is 282. The van der Waals surface area contributed by atoms with Crippen molar-refractivity contribution in [2.45, 2.75) is 45.3 Å². The third kappa shape index (κ3) is 3.48. The van der Waals surface area contributed by atoms with Crippen LogP contribution in [0.1, 0.15) is 33.6 Å². The average molecular weight is 229 g/mol. The van der Waals surface area contributed by atoms with Gasteiger partial charge in [-0.05, 0) is 40.2 Å². The molecule has 0 bridgehead atoms. The van der Waals surface area contributed by atoms with Gasteiger partial charge in [0.1, 0.15) is 11.6 Å². The molecule has 1 rings (SSSR count). The van der Waals surface area contributed by atoms with E-state index in [1.54, 1.807) is 20.8 Å². The van der Waals surface area contributed by atoms with Crippen molar-refractivity contribution in [1.82, 2.24) is 5.32 Å². The van der Waals surface area contributed by atoms with Crippen LogP contribution in [0.15, 0.2) is 0 Å². The van der Waals surface area contributed by atoms with Gasteiger partial charge < -0.3 is 15.2 Å². The summed E-state index contributed by atoms with van der Waals surface area (Å²) in [7, 11) is 0. The monoisotopic (exact) mass is 229 g/mol. The lowest BCUT2D eigenvalue weighted by Crippen LogP contribution is -2.50. The van der Waals surface area contributed by atoms with Crippen molar-refractivity contribution in [2.24, 2.45) is 5.92 Å². The number of carboxylic acids is 1. The molecule has 1 aliphatic heterocycles. The summed E-state index contributed by atoms with van der Waals surface area (Å²) in [6, 6.07) is -0.816. The summed E-state index contributed by atoms with van der Waals surface area (Å²) >= 11 is 0. The first kappa shape index (κ1) is 13.0. The van der Waals surface area contributed by atoms with Gasteiger partial charge in [0.05, 0.1) is 5.92 Å². The third-order valence-electron chi connectivity index (χ3n) is 2.43. The first-order chi connectivity index (χ1) is 7.31. The Morgan fingerprint density at radius 3 is 2.50 bits per heavy atom. The van der Waals surface area contributed by atoms with Crippen LogP contribution in [0.2, 0.25) is 0 Å². The Morgan fingerprint density at radius 1 is 1.38 bits per heavy atom. The SMILES string of the molecule is CC(C)(C)OC(=O)C1CCCNC1C(=O)O. The highest BCUT2D eigenvalue weighted by atomic mass is 16.6. The molecule has 1 saturated heterocycles. The molecular weight excluding hydrogens is 210 g/mol. The van der Waals surface area contributed by atoms with Crippen molar-refractivity contribution in [2.75, 3.05) is 6.54 Å². The maximum Gasteiger partial charge on any atom is 0.321 e. The van der Waals surface area contributed by atoms with Crippen LogP contribution in [0.25, 0.3) is 0 Å². The van der Waals surface area contributed by atoms with Crippen molar-refractivity contribution in [3.8, 4) is 0 Å². The Morgan fingerprint density at radius 2 is 2.00 bits per heavy atom. The molecule has 5 nitrogen and oxygen atoms in total. The lowest BCUT2D eigenvalue weighted by atomic mass is 9.91. The van der Waals surface area contributed by atoms with E-state index in [-0.39, 0.29) is 0 Å². The van der Waals surface area contributed by atoms with Crippen LogP contribution >= 0.6 is 0 Å². The first-order valence-electron chi connectivity index (χ1n) is 5.50. The minimum absolute atomic E-state index is 0.424. The van der Waals surface area contributed by atoms with E-state index in [4.69, 9.17) is 9.84 Å². The topological polar surface area (TPSA) is 75.6 Å². The predicted molar refractivity (Wildman–Crippen MR) is 58.0 cm³/mol. The molecule has 2 N–H and O–H groups in total. The van der Waals surface area contributed by atoms with Crippen molar-refractivity contribution in [3.63, 3.8) is 0 Å². The van der Waals surface area contributed by atoms with E-state index in [2.05, 4.69) is 5.32 Å². The smallest absolute Gasteiger partial charge is 0.321 e. The van der Waals surface area contributed by atoms with Crippen molar-refractivity contribution >= 4 is 11.9 Å². The molecule has 92 valence electrons. The molecule has 16 heavy (non-hydrogen) atoms. The van der Waals surface area contributed by atoms with Crippen LogP contribution < -0.4 is 5.32 Å². The molecule has 0 spiro atoms. The zero-order valence-corrected chi connectivity index (χ0v) is 9.95. The number of piperidine rings is 1. The van der Waals surface area contributed by atoms with Gasteiger partial charge in [0, 0.05) is 0 Å². The molecule has 0 saturated carbocycles. The van der Waals surface area contributed by atoms with E-state index in [1.807, 2.05) is 0 Å². The highest BCUT2D eigenvalue weighted by Gasteiger charge is 2.38. The number of carbonyl (C=O) groups is 2. The van der Waals surface area contributed by atoms with E-state index in [9.17, 15) is 9.59 Å². The van der Waals surface area contributed by atoms with Gasteiger partial charge in [-0.1, -0.05) is 0 Å². The van der Waals surface area contributed by atoms with Gasteiger partial charge in [-0.25, -0.2) is 0 Å². The molecule has 0 amide bonds. The van der Waals surface area contributed by atoms with E-state index in [0.29, 0.717) is 13.0 Å². The maximum atomic E-state index is 11.8. The number of hydrogen-bond acceptors (Lipinski definition) is 4. The molecule has 2 atom stereocenters. The van der Waals surface area contributed by atoms with Gasteiger partial charge in [-0.15, -0.1) is 0 Å². The first-order valence-corrected chi connectivity index (χ1v) is 5.50. The van der Waals surface area contributed by atoms with Crippen LogP contribution in [-0.2, 0) is 14.3 Å². The summed E-state index contributed by atoms with van der Waals surface area (Å²) in [6.45, 7) is 5.96. The fourth-order valence-electron chi connectivity index (χ4n) is 1.78. The van der Waals surface area contributed by atoms with Gasteiger partial charge in [-0.2, -0.15) is 0 Å². The van der Waals surface area contributed by atoms with Gasteiger partial charge in [0.15, 0.2) is 0 Å². The summed E-state index contributed by atoms with van der Waals surface area (Å²) < 4.78 is 5.22. The number of nitrogens with one attached hydrogen (secondary N) is 1. The maximum absolute atomic E-state index is 11.8. The summed E-state index contributed by atoms with van der Waals surface area (Å²) in [5.74, 6) is -1.99. The van der Waals surface area contributed by atoms with Gasteiger partial charge >= 0.3 is 11.9 Å². The van der Waals surface area contributed by atoms with Crippen molar-refractivity contribution in [3.05, 3.63) is 0 Å². The molecule has 0 aliphatic carbocycles. The zero-order valence-electron chi connectivity index (χ0n) is 9.95. The van der Waals surface area contributed by atoms with E-state index >= 15 is 0 Å². The van der Waals surface area contributed by atoms with Crippen LogP contribution in [0, 0.1) is 5.92 Å². The lowest BCUT2D eigenvalue weighted by molar-refractivity contribution is -0.165. The molecule has 1 aliphatic rings. The quantitative estimate of drug-likeness (QED) is 0.684. The highest BCUT2D eigenvalue weighted by Crippen LogP contribution is 2.21. The summed E-state index contributed by atoms with van der Waals surface area (Å²) in [4.78, 5) is 22.8. The number of aliphatic carboxylic acids is 1. The molecule has 1 fully saturated rings. The van der Waals surface area contributed by atoms with Gasteiger partial charge in [-0.3, -0.25) is 9.59 Å². The largest absolute Gasteiger partial charge is 0.480 e. The third-order valence-corrected chi connectivity index (χ3v) is 2.43. The minimum atomic E-state index is -0.990. The second-order valence-electron chi connectivity index (χ2n) is 5.05. The number of ether oxygens (including phenoxy) is 1. The summed E-state index contributed by atoms with van der Waals surface area (Å²) in [5, 5.41) is 11.8. The number of rotatable bonds is 2. The van der Waals surface area contributed by atoms with E-state index < -0.39 is 29.5 Å². The number of carboxylic acid groups (broad SMARTS) is 1. The molecule has 1 heterocycles. The fourth-order valence-corrected chi connectivity index (χ4v) is 1.78. The summed E-state index contributed by atoms with van der Waals surface area (Å²) in [5.41, 5.74) is -0.572. The molecule has 2 unspecified atom stereocenters. The predicted octanol–water partition coefficient (Wildman–Crippen LogP) is 0.781. The molecule has 0 aromatic heterocycles. The molecule has 5 heteroatoms. The van der Waals surface area contributed by atoms with Gasteiger partial charge in [0.2, 0.25) is 0 Å². The fraction of sp³-hybridized carbons (Fsp3) is 0.818. The normalized spacial score (nSPS) is 26.2. The van der Waals surface area contributed by atoms with Crippen molar-refractivity contribution < 1.29 is 19.4 Å². The second-order valence-corrected chi connectivity index (χ2v) is 5.05. The van der Waals surface area contributed by atoms with E-state index in [0.717, 1.165) is 6.42 Å². The van der Waals surface area contributed by atoms with Gasteiger partial charge in [0.25, 0.3) is 0 Å². The standard InChI is InChI=1S/C11H19NO4/c1-11(2,3)16-10(15)7-5-4-6-12-8(7)9(13)14/h7-8,12H,4-6H2,1-3H3,(H,13,14). The van der Waals surface area contributed by atoms with Crippen LogP contribution in [0.3, 0.4) is 0 Å². The molecule has 0 aromatic carbocycles. The Kier molecular flexibility index (Phi) is 3.91.